The highest BCUT2D eigenvalue weighted by atomic mass is 19.4. The van der Waals surface area contributed by atoms with Crippen LogP contribution in [0.15, 0.2) is 0 Å². The van der Waals surface area contributed by atoms with Gasteiger partial charge in [-0.2, -0.15) is 13.2 Å². The predicted octanol–water partition coefficient (Wildman–Crippen LogP) is 0.957. The van der Waals surface area contributed by atoms with E-state index >= 15 is 0 Å². The zero-order chi connectivity index (χ0) is 13.1. The van der Waals surface area contributed by atoms with Gasteiger partial charge < -0.3 is 11.1 Å². The maximum atomic E-state index is 12.4. The van der Waals surface area contributed by atoms with E-state index in [1.54, 1.807) is 0 Å². The number of primary amides is 1. The average Bonchev–Trinajstić information content (AvgIpc) is 2.25. The Labute approximate surface area is 96.7 Å². The lowest BCUT2D eigenvalue weighted by molar-refractivity contribution is -0.184. The van der Waals surface area contributed by atoms with Gasteiger partial charge in [0.15, 0.2) is 0 Å². The number of amides is 2. The molecule has 0 atom stereocenters. The summed E-state index contributed by atoms with van der Waals surface area (Å²) < 4.78 is 37.1. The predicted molar refractivity (Wildman–Crippen MR) is 53.7 cm³/mol. The summed E-state index contributed by atoms with van der Waals surface area (Å²) in [4.78, 5) is 21.9. The number of hydrogen-bond acceptors (Lipinski definition) is 2. The fourth-order valence-corrected chi connectivity index (χ4v) is 2.00. The highest BCUT2D eigenvalue weighted by Crippen LogP contribution is 2.39. The summed E-state index contributed by atoms with van der Waals surface area (Å²) in [7, 11) is 0. The lowest BCUT2D eigenvalue weighted by Crippen LogP contribution is -2.39. The van der Waals surface area contributed by atoms with Crippen LogP contribution in [0.4, 0.5) is 13.2 Å². The van der Waals surface area contributed by atoms with Crippen LogP contribution in [0.2, 0.25) is 0 Å². The second kappa shape index (κ2) is 5.37. The molecular formula is C10H15F3N2O2. The van der Waals surface area contributed by atoms with Crippen LogP contribution in [0.25, 0.3) is 0 Å². The molecule has 0 aromatic carbocycles. The Hall–Kier alpha value is -1.27. The molecule has 1 aliphatic rings. The molecule has 0 bridgehead atoms. The SMILES string of the molecule is NC(=O)CNC(=O)C1CCC(C(F)(F)F)CC1. The summed E-state index contributed by atoms with van der Waals surface area (Å²) in [6.45, 7) is -0.266. The van der Waals surface area contributed by atoms with Gasteiger partial charge in [0.05, 0.1) is 12.5 Å². The van der Waals surface area contributed by atoms with Crippen molar-refractivity contribution in [2.24, 2.45) is 17.6 Å². The Morgan fingerprint density at radius 1 is 1.18 bits per heavy atom. The first kappa shape index (κ1) is 13.8. The van der Waals surface area contributed by atoms with Gasteiger partial charge in [-0.15, -0.1) is 0 Å². The number of carbonyl (C=O) groups is 2. The first-order valence-electron chi connectivity index (χ1n) is 5.43. The van der Waals surface area contributed by atoms with Crippen LogP contribution in [0.1, 0.15) is 25.7 Å². The van der Waals surface area contributed by atoms with Crippen molar-refractivity contribution in [1.82, 2.24) is 5.32 Å². The van der Waals surface area contributed by atoms with Crippen LogP contribution in [0, 0.1) is 11.8 Å². The molecule has 7 heteroatoms. The first-order valence-corrected chi connectivity index (χ1v) is 5.43. The summed E-state index contributed by atoms with van der Waals surface area (Å²) in [5.74, 6) is -2.79. The number of hydrogen-bond donors (Lipinski definition) is 2. The van der Waals surface area contributed by atoms with Crippen LogP contribution in [-0.2, 0) is 9.59 Å². The molecule has 0 unspecified atom stereocenters. The van der Waals surface area contributed by atoms with Gasteiger partial charge in [-0.3, -0.25) is 9.59 Å². The molecule has 1 saturated carbocycles. The second-order valence-corrected chi connectivity index (χ2v) is 4.27. The lowest BCUT2D eigenvalue weighted by atomic mass is 9.81. The smallest absolute Gasteiger partial charge is 0.368 e. The fraction of sp³-hybridized carbons (Fsp3) is 0.800. The third-order valence-corrected chi connectivity index (χ3v) is 3.00. The fourth-order valence-electron chi connectivity index (χ4n) is 2.00. The Bertz CT molecular complexity index is 296. The highest BCUT2D eigenvalue weighted by Gasteiger charge is 2.42. The molecule has 17 heavy (non-hydrogen) atoms. The van der Waals surface area contributed by atoms with Gasteiger partial charge in [0.25, 0.3) is 0 Å². The standard InChI is InChI=1S/C10H15F3N2O2/c11-10(12,13)7-3-1-6(2-4-7)9(17)15-5-8(14)16/h6-7H,1-5H2,(H2,14,16)(H,15,17). The second-order valence-electron chi connectivity index (χ2n) is 4.27. The molecule has 0 heterocycles. The molecule has 0 aromatic rings. The van der Waals surface area contributed by atoms with E-state index in [9.17, 15) is 22.8 Å². The maximum Gasteiger partial charge on any atom is 0.391 e. The van der Waals surface area contributed by atoms with Crippen LogP contribution < -0.4 is 11.1 Å². The summed E-state index contributed by atoms with van der Waals surface area (Å²) in [6, 6.07) is 0. The van der Waals surface area contributed by atoms with Crippen LogP contribution in [0.3, 0.4) is 0 Å². The largest absolute Gasteiger partial charge is 0.391 e. The quantitative estimate of drug-likeness (QED) is 0.785. The third kappa shape index (κ3) is 4.24. The number of nitrogens with one attached hydrogen (secondary N) is 1. The van der Waals surface area contributed by atoms with E-state index in [-0.39, 0.29) is 38.1 Å². The Balaban J connectivity index is 2.36. The van der Waals surface area contributed by atoms with Gasteiger partial charge in [0.1, 0.15) is 0 Å². The molecule has 1 aliphatic carbocycles. The Kier molecular flexibility index (Phi) is 4.36. The Morgan fingerprint density at radius 3 is 2.12 bits per heavy atom. The van der Waals surface area contributed by atoms with Gasteiger partial charge in [-0.05, 0) is 25.7 Å². The number of carbonyl (C=O) groups excluding carboxylic acids is 2. The first-order chi connectivity index (χ1) is 7.80. The van der Waals surface area contributed by atoms with E-state index in [1.807, 2.05) is 0 Å². The number of nitrogens with two attached hydrogens (primary N) is 1. The van der Waals surface area contributed by atoms with Crippen molar-refractivity contribution in [3.8, 4) is 0 Å². The van der Waals surface area contributed by atoms with E-state index in [4.69, 9.17) is 5.73 Å². The number of halogens is 3. The van der Waals surface area contributed by atoms with Crippen molar-refractivity contribution in [1.29, 1.82) is 0 Å². The highest BCUT2D eigenvalue weighted by molar-refractivity contribution is 5.84. The molecule has 1 fully saturated rings. The van der Waals surface area contributed by atoms with Crippen molar-refractivity contribution in [2.75, 3.05) is 6.54 Å². The minimum Gasteiger partial charge on any atom is -0.368 e. The molecule has 1 rings (SSSR count). The molecular weight excluding hydrogens is 237 g/mol. The van der Waals surface area contributed by atoms with Crippen LogP contribution >= 0.6 is 0 Å². The molecule has 0 saturated heterocycles. The summed E-state index contributed by atoms with van der Waals surface area (Å²) in [6.07, 6.45) is -3.82. The minimum absolute atomic E-state index is 0.0296. The summed E-state index contributed by atoms with van der Waals surface area (Å²) in [5, 5.41) is 2.31. The molecule has 0 aliphatic heterocycles. The van der Waals surface area contributed by atoms with E-state index in [0.717, 1.165) is 0 Å². The molecule has 0 spiro atoms. The Morgan fingerprint density at radius 2 is 1.71 bits per heavy atom. The van der Waals surface area contributed by atoms with Crippen molar-refractivity contribution in [2.45, 2.75) is 31.9 Å². The van der Waals surface area contributed by atoms with Gasteiger partial charge in [-0.25, -0.2) is 0 Å². The van der Waals surface area contributed by atoms with Crippen molar-refractivity contribution in [3.63, 3.8) is 0 Å². The van der Waals surface area contributed by atoms with E-state index in [2.05, 4.69) is 5.32 Å². The van der Waals surface area contributed by atoms with Gasteiger partial charge in [0, 0.05) is 5.92 Å². The zero-order valence-electron chi connectivity index (χ0n) is 9.22. The molecule has 4 nitrogen and oxygen atoms in total. The average molecular weight is 252 g/mol. The molecule has 0 aromatic heterocycles. The van der Waals surface area contributed by atoms with Crippen LogP contribution in [0.5, 0.6) is 0 Å². The maximum absolute atomic E-state index is 12.4. The van der Waals surface area contributed by atoms with Gasteiger partial charge in [0.2, 0.25) is 11.8 Å². The zero-order valence-corrected chi connectivity index (χ0v) is 9.22. The van der Waals surface area contributed by atoms with Crippen molar-refractivity contribution in [3.05, 3.63) is 0 Å². The number of alkyl halides is 3. The summed E-state index contributed by atoms with van der Waals surface area (Å²) >= 11 is 0. The molecule has 98 valence electrons. The van der Waals surface area contributed by atoms with E-state index < -0.39 is 23.9 Å². The minimum atomic E-state index is -4.17. The normalized spacial score (nSPS) is 25.4. The van der Waals surface area contributed by atoms with Crippen LogP contribution in [-0.4, -0.2) is 24.5 Å². The third-order valence-electron chi connectivity index (χ3n) is 3.00. The molecule has 0 radical (unpaired) electrons. The van der Waals surface area contributed by atoms with E-state index in [1.165, 1.54) is 0 Å². The van der Waals surface area contributed by atoms with Gasteiger partial charge in [-0.1, -0.05) is 0 Å². The van der Waals surface area contributed by atoms with Gasteiger partial charge >= 0.3 is 6.18 Å². The monoisotopic (exact) mass is 252 g/mol. The summed E-state index contributed by atoms with van der Waals surface area (Å²) in [5.41, 5.74) is 4.85. The van der Waals surface area contributed by atoms with E-state index in [0.29, 0.717) is 0 Å². The lowest BCUT2D eigenvalue weighted by Gasteiger charge is -2.28. The molecule has 2 amide bonds. The van der Waals surface area contributed by atoms with Crippen molar-refractivity contribution < 1.29 is 22.8 Å². The molecule has 3 N–H and O–H groups in total. The number of rotatable bonds is 3. The van der Waals surface area contributed by atoms with Crippen molar-refractivity contribution >= 4 is 11.8 Å². The topological polar surface area (TPSA) is 72.2 Å².